The summed E-state index contributed by atoms with van der Waals surface area (Å²) in [6.45, 7) is 0. The molecule has 98 valence electrons. The average Bonchev–Trinajstić information content (AvgIpc) is 2.70. The Morgan fingerprint density at radius 2 is 1.70 bits per heavy atom. The number of benzene rings is 2. The smallest absolute Gasteiger partial charge is 0.266 e. The number of carbonyl (C=O) groups is 3. The third kappa shape index (κ3) is 1.68. The van der Waals surface area contributed by atoms with Crippen LogP contribution in [0.5, 0.6) is 5.75 Å². The second kappa shape index (κ2) is 4.31. The predicted octanol–water partition coefficient (Wildman–Crippen LogP) is 2.01. The highest BCUT2D eigenvalue weighted by Crippen LogP contribution is 2.30. The van der Waals surface area contributed by atoms with Crippen molar-refractivity contribution in [3.8, 4) is 5.75 Å². The van der Waals surface area contributed by atoms with E-state index >= 15 is 0 Å². The fraction of sp³-hybridized carbons (Fsp3) is 0. The van der Waals surface area contributed by atoms with Crippen LogP contribution in [0.1, 0.15) is 31.1 Å². The molecule has 1 aliphatic rings. The minimum Gasteiger partial charge on any atom is -0.508 e. The van der Waals surface area contributed by atoms with Gasteiger partial charge >= 0.3 is 0 Å². The van der Waals surface area contributed by atoms with Crippen molar-refractivity contribution in [2.45, 2.75) is 0 Å². The predicted molar refractivity (Wildman–Crippen MR) is 71.1 cm³/mol. The summed E-state index contributed by atoms with van der Waals surface area (Å²) in [6, 6.07) is 10.2. The molecule has 0 saturated carbocycles. The lowest BCUT2D eigenvalue weighted by molar-refractivity contribution is 0.0926. The van der Waals surface area contributed by atoms with E-state index in [1.807, 2.05) is 0 Å². The molecule has 2 aromatic rings. The van der Waals surface area contributed by atoms with Crippen LogP contribution in [0.2, 0.25) is 0 Å². The molecule has 2 amide bonds. The second-order valence-electron chi connectivity index (χ2n) is 4.39. The number of fused-ring (bicyclic) bond motifs is 1. The molecule has 1 aliphatic heterocycles. The van der Waals surface area contributed by atoms with Crippen molar-refractivity contribution in [1.29, 1.82) is 0 Å². The van der Waals surface area contributed by atoms with E-state index < -0.39 is 11.8 Å². The number of rotatable bonds is 2. The summed E-state index contributed by atoms with van der Waals surface area (Å²) >= 11 is 0. The number of phenolic OH excluding ortho intramolecular Hbond substituents is 1. The summed E-state index contributed by atoms with van der Waals surface area (Å²) in [5.41, 5.74) is 1.08. The molecule has 1 heterocycles. The third-order valence-electron chi connectivity index (χ3n) is 3.13. The first-order valence-corrected chi connectivity index (χ1v) is 5.89. The van der Waals surface area contributed by atoms with Gasteiger partial charge in [0, 0.05) is 11.6 Å². The number of anilines is 1. The van der Waals surface area contributed by atoms with Crippen molar-refractivity contribution in [2.24, 2.45) is 0 Å². The Hall–Kier alpha value is -2.95. The molecule has 0 atom stereocenters. The van der Waals surface area contributed by atoms with Crippen molar-refractivity contribution in [3.05, 3.63) is 59.2 Å². The van der Waals surface area contributed by atoms with Crippen molar-refractivity contribution >= 4 is 23.8 Å². The normalized spacial score (nSPS) is 13.5. The van der Waals surface area contributed by atoms with Gasteiger partial charge < -0.3 is 5.11 Å². The fourth-order valence-corrected chi connectivity index (χ4v) is 2.20. The summed E-state index contributed by atoms with van der Waals surface area (Å²) < 4.78 is 0. The van der Waals surface area contributed by atoms with E-state index in [0.29, 0.717) is 17.5 Å². The highest BCUT2D eigenvalue weighted by Gasteiger charge is 2.36. The first-order chi connectivity index (χ1) is 9.61. The summed E-state index contributed by atoms with van der Waals surface area (Å²) in [4.78, 5) is 36.3. The molecular formula is C15H9NO4. The van der Waals surface area contributed by atoms with Gasteiger partial charge in [0.25, 0.3) is 11.8 Å². The van der Waals surface area contributed by atoms with Crippen molar-refractivity contribution in [2.75, 3.05) is 4.90 Å². The maximum atomic E-state index is 12.3. The summed E-state index contributed by atoms with van der Waals surface area (Å²) in [5, 5.41) is 9.45. The molecule has 20 heavy (non-hydrogen) atoms. The van der Waals surface area contributed by atoms with Crippen LogP contribution in [0.15, 0.2) is 42.5 Å². The van der Waals surface area contributed by atoms with Gasteiger partial charge in [-0.1, -0.05) is 12.1 Å². The zero-order valence-corrected chi connectivity index (χ0v) is 10.2. The SMILES string of the molecule is O=Cc1ccc2c(c1)C(=O)N(c1cccc(O)c1)C2=O. The number of hydrogen-bond donors (Lipinski definition) is 1. The van der Waals surface area contributed by atoms with E-state index in [4.69, 9.17) is 0 Å². The Kier molecular flexibility index (Phi) is 2.61. The summed E-state index contributed by atoms with van der Waals surface area (Å²) in [6.07, 6.45) is 0.620. The minimum atomic E-state index is -0.501. The van der Waals surface area contributed by atoms with Gasteiger partial charge in [0.2, 0.25) is 0 Å². The number of nitrogens with zero attached hydrogens (tertiary/aromatic N) is 1. The molecule has 0 radical (unpaired) electrons. The highest BCUT2D eigenvalue weighted by atomic mass is 16.3. The van der Waals surface area contributed by atoms with Gasteiger partial charge in [-0.25, -0.2) is 4.90 Å². The minimum absolute atomic E-state index is 0.0346. The third-order valence-corrected chi connectivity index (χ3v) is 3.13. The van der Waals surface area contributed by atoms with E-state index in [9.17, 15) is 19.5 Å². The van der Waals surface area contributed by atoms with Gasteiger partial charge in [0.15, 0.2) is 0 Å². The molecule has 0 fully saturated rings. The first-order valence-electron chi connectivity index (χ1n) is 5.89. The Labute approximate surface area is 114 Å². The molecule has 5 heteroatoms. The van der Waals surface area contributed by atoms with Gasteiger partial charge in [-0.05, 0) is 24.3 Å². The van der Waals surface area contributed by atoms with Crippen LogP contribution in [0.25, 0.3) is 0 Å². The van der Waals surface area contributed by atoms with Crippen molar-refractivity contribution < 1.29 is 19.5 Å². The lowest BCUT2D eigenvalue weighted by Crippen LogP contribution is -2.29. The molecule has 2 aromatic carbocycles. The second-order valence-corrected chi connectivity index (χ2v) is 4.39. The van der Waals surface area contributed by atoms with Crippen LogP contribution in [0.4, 0.5) is 5.69 Å². The quantitative estimate of drug-likeness (QED) is 0.667. The van der Waals surface area contributed by atoms with Crippen LogP contribution >= 0.6 is 0 Å². The molecule has 0 bridgehead atoms. The highest BCUT2D eigenvalue weighted by molar-refractivity contribution is 6.34. The number of carbonyl (C=O) groups excluding carboxylic acids is 3. The standard InChI is InChI=1S/C15H9NO4/c17-8-9-4-5-12-13(6-9)15(20)16(14(12)19)10-2-1-3-11(18)7-10/h1-8,18H. The van der Waals surface area contributed by atoms with E-state index in [0.717, 1.165) is 4.90 Å². The molecule has 5 nitrogen and oxygen atoms in total. The Morgan fingerprint density at radius 3 is 2.40 bits per heavy atom. The number of aromatic hydroxyl groups is 1. The fourth-order valence-electron chi connectivity index (χ4n) is 2.20. The Balaban J connectivity index is 2.12. The number of hydrogen-bond acceptors (Lipinski definition) is 4. The maximum Gasteiger partial charge on any atom is 0.266 e. The van der Waals surface area contributed by atoms with Crippen molar-refractivity contribution in [3.63, 3.8) is 0 Å². The summed E-state index contributed by atoms with van der Waals surface area (Å²) in [7, 11) is 0. The van der Waals surface area contributed by atoms with Gasteiger partial charge in [-0.2, -0.15) is 0 Å². The Bertz CT molecular complexity index is 751. The van der Waals surface area contributed by atoms with Crippen LogP contribution in [0.3, 0.4) is 0 Å². The number of phenols is 1. The largest absolute Gasteiger partial charge is 0.508 e. The average molecular weight is 267 g/mol. The van der Waals surface area contributed by atoms with Gasteiger partial charge in [0.05, 0.1) is 16.8 Å². The monoisotopic (exact) mass is 267 g/mol. The Morgan fingerprint density at radius 1 is 0.950 bits per heavy atom. The topological polar surface area (TPSA) is 74.7 Å². The van der Waals surface area contributed by atoms with Crippen LogP contribution < -0.4 is 4.90 Å². The summed E-state index contributed by atoms with van der Waals surface area (Å²) in [5.74, 6) is -1.00. The van der Waals surface area contributed by atoms with E-state index in [-0.39, 0.29) is 16.9 Å². The molecule has 0 aliphatic carbocycles. The van der Waals surface area contributed by atoms with Gasteiger partial charge in [-0.3, -0.25) is 14.4 Å². The van der Waals surface area contributed by atoms with E-state index in [1.54, 1.807) is 12.1 Å². The maximum absolute atomic E-state index is 12.3. The molecule has 0 unspecified atom stereocenters. The van der Waals surface area contributed by atoms with E-state index in [1.165, 1.54) is 30.3 Å². The first kappa shape index (κ1) is 12.1. The van der Waals surface area contributed by atoms with Crippen LogP contribution in [-0.2, 0) is 0 Å². The molecule has 0 aromatic heterocycles. The number of imide groups is 1. The molecule has 3 rings (SSSR count). The lowest BCUT2D eigenvalue weighted by Gasteiger charge is -2.13. The molecular weight excluding hydrogens is 258 g/mol. The number of amides is 2. The molecule has 0 spiro atoms. The van der Waals surface area contributed by atoms with Crippen molar-refractivity contribution in [1.82, 2.24) is 0 Å². The van der Waals surface area contributed by atoms with Crippen LogP contribution in [0, 0.1) is 0 Å². The molecule has 1 N–H and O–H groups in total. The zero-order chi connectivity index (χ0) is 14.3. The van der Waals surface area contributed by atoms with E-state index in [2.05, 4.69) is 0 Å². The van der Waals surface area contributed by atoms with Gasteiger partial charge in [-0.15, -0.1) is 0 Å². The molecule has 0 saturated heterocycles. The lowest BCUT2D eigenvalue weighted by atomic mass is 10.1. The number of aldehydes is 1. The zero-order valence-electron chi connectivity index (χ0n) is 10.2. The van der Waals surface area contributed by atoms with Gasteiger partial charge in [0.1, 0.15) is 12.0 Å². The van der Waals surface area contributed by atoms with Crippen LogP contribution in [-0.4, -0.2) is 23.2 Å².